The summed E-state index contributed by atoms with van der Waals surface area (Å²) in [5.74, 6) is 1.83. The van der Waals surface area contributed by atoms with Crippen LogP contribution in [0.1, 0.15) is 56.5 Å². The summed E-state index contributed by atoms with van der Waals surface area (Å²) in [6.07, 6.45) is 5.19. The molecule has 25 heavy (non-hydrogen) atoms. The fourth-order valence-electron chi connectivity index (χ4n) is 3.78. The highest BCUT2D eigenvalue weighted by atomic mass is 16.2. The van der Waals surface area contributed by atoms with E-state index in [1.807, 2.05) is 17.0 Å². The van der Waals surface area contributed by atoms with Gasteiger partial charge in [-0.15, -0.1) is 0 Å². The number of aryl methyl sites for hydroxylation is 1. The molecule has 4 rings (SSSR count). The van der Waals surface area contributed by atoms with Gasteiger partial charge in [0.05, 0.1) is 18.8 Å². The van der Waals surface area contributed by atoms with Gasteiger partial charge in [0.2, 0.25) is 5.91 Å². The van der Waals surface area contributed by atoms with Crippen molar-refractivity contribution in [2.24, 2.45) is 5.41 Å². The molecule has 0 fully saturated rings. The molecule has 6 nitrogen and oxygen atoms in total. The van der Waals surface area contributed by atoms with Gasteiger partial charge in [-0.25, -0.2) is 4.98 Å². The van der Waals surface area contributed by atoms with Crippen molar-refractivity contribution >= 4 is 17.5 Å². The molecule has 2 aromatic heterocycles. The zero-order valence-corrected chi connectivity index (χ0v) is 14.9. The van der Waals surface area contributed by atoms with Gasteiger partial charge in [0, 0.05) is 16.7 Å². The lowest BCUT2D eigenvalue weighted by atomic mass is 9.85. The van der Waals surface area contributed by atoms with Crippen LogP contribution < -0.4 is 5.32 Å². The molecule has 0 saturated carbocycles. The lowest BCUT2D eigenvalue weighted by molar-refractivity contribution is -0.141. The maximum atomic E-state index is 13.0. The summed E-state index contributed by atoms with van der Waals surface area (Å²) in [7, 11) is 0. The zero-order chi connectivity index (χ0) is 17.4. The quantitative estimate of drug-likeness (QED) is 0.770. The van der Waals surface area contributed by atoms with Crippen molar-refractivity contribution in [2.75, 3.05) is 5.32 Å². The van der Waals surface area contributed by atoms with E-state index in [2.05, 4.69) is 35.4 Å². The lowest BCUT2D eigenvalue weighted by Gasteiger charge is -2.29. The number of nitrogens with zero attached hydrogens (tertiary/aromatic N) is 3. The number of hydrogen-bond donors (Lipinski definition) is 2. The number of H-pyrrole nitrogens is 1. The molecule has 2 aromatic rings. The van der Waals surface area contributed by atoms with Gasteiger partial charge in [-0.1, -0.05) is 32.8 Å². The van der Waals surface area contributed by atoms with Crippen LogP contribution in [0.4, 0.5) is 11.6 Å². The SMILES string of the molecule is CC1(C)CCCCCc2cccc(n2)Nc2n[nH]c3c2CN(C3)C1=O. The summed E-state index contributed by atoms with van der Waals surface area (Å²) in [4.78, 5) is 19.6. The maximum absolute atomic E-state index is 13.0. The number of aromatic nitrogens is 3. The average molecular weight is 339 g/mol. The number of rotatable bonds is 0. The third-order valence-corrected chi connectivity index (χ3v) is 5.30. The van der Waals surface area contributed by atoms with Crippen LogP contribution in [0, 0.1) is 5.41 Å². The lowest BCUT2D eigenvalue weighted by Crippen LogP contribution is -2.38. The van der Waals surface area contributed by atoms with Crippen LogP contribution in [0.2, 0.25) is 0 Å². The van der Waals surface area contributed by atoms with E-state index >= 15 is 0 Å². The summed E-state index contributed by atoms with van der Waals surface area (Å²) in [5, 5.41) is 10.8. The Balaban J connectivity index is 1.66. The second-order valence-electron chi connectivity index (χ2n) is 7.77. The van der Waals surface area contributed by atoms with E-state index < -0.39 is 0 Å². The van der Waals surface area contributed by atoms with Crippen molar-refractivity contribution in [3.05, 3.63) is 35.2 Å². The van der Waals surface area contributed by atoms with Crippen molar-refractivity contribution < 1.29 is 4.79 Å². The fourth-order valence-corrected chi connectivity index (χ4v) is 3.78. The number of hydrogen-bond acceptors (Lipinski definition) is 4. The van der Waals surface area contributed by atoms with Gasteiger partial charge in [0.15, 0.2) is 5.82 Å². The first-order valence-corrected chi connectivity index (χ1v) is 9.11. The van der Waals surface area contributed by atoms with Gasteiger partial charge < -0.3 is 10.2 Å². The number of carbonyl (C=O) groups excluding carboxylic acids is 1. The molecule has 0 aromatic carbocycles. The third kappa shape index (κ3) is 3.13. The molecule has 0 spiro atoms. The standard InChI is InChI=1S/C19H25N5O/c1-19(2)10-5-3-4-7-13-8-6-9-16(20-13)21-17-14-11-24(18(19)25)12-15(14)22-23-17/h6,8-9H,3-5,7,10-12H2,1-2H3,(H2,20,21,22,23). The van der Waals surface area contributed by atoms with E-state index in [1.54, 1.807) is 0 Å². The molecule has 6 heteroatoms. The van der Waals surface area contributed by atoms with Crippen molar-refractivity contribution in [3.8, 4) is 0 Å². The molecule has 2 aliphatic rings. The number of aromatic amines is 1. The monoisotopic (exact) mass is 339 g/mol. The van der Waals surface area contributed by atoms with Gasteiger partial charge in [-0.3, -0.25) is 9.89 Å². The number of amides is 1. The molecular weight excluding hydrogens is 314 g/mol. The van der Waals surface area contributed by atoms with Crippen LogP contribution in [0.3, 0.4) is 0 Å². The highest BCUT2D eigenvalue weighted by Crippen LogP contribution is 2.34. The van der Waals surface area contributed by atoms with Crippen molar-refractivity contribution in [2.45, 2.75) is 59.0 Å². The van der Waals surface area contributed by atoms with E-state index in [4.69, 9.17) is 4.98 Å². The first-order chi connectivity index (χ1) is 12.0. The molecule has 0 unspecified atom stereocenters. The predicted octanol–water partition coefficient (Wildman–Crippen LogP) is 3.53. The molecule has 2 aliphatic heterocycles. The highest BCUT2D eigenvalue weighted by molar-refractivity contribution is 5.82. The number of carbonyl (C=O) groups is 1. The van der Waals surface area contributed by atoms with Crippen LogP contribution in [-0.2, 0) is 24.3 Å². The Hall–Kier alpha value is -2.37. The molecule has 0 radical (unpaired) electrons. The van der Waals surface area contributed by atoms with Gasteiger partial charge in [-0.2, -0.15) is 5.10 Å². The minimum atomic E-state index is -0.319. The summed E-state index contributed by atoms with van der Waals surface area (Å²) in [6, 6.07) is 6.08. The van der Waals surface area contributed by atoms with E-state index in [0.717, 1.165) is 60.7 Å². The van der Waals surface area contributed by atoms with Gasteiger partial charge in [-0.05, 0) is 31.4 Å². The Bertz CT molecular complexity index is 795. The smallest absolute Gasteiger partial charge is 0.228 e. The largest absolute Gasteiger partial charge is 0.332 e. The topological polar surface area (TPSA) is 73.9 Å². The first-order valence-electron chi connectivity index (χ1n) is 9.11. The molecule has 1 amide bonds. The normalized spacial score (nSPS) is 19.9. The molecule has 4 bridgehead atoms. The van der Waals surface area contributed by atoms with Crippen LogP contribution in [0.5, 0.6) is 0 Å². The summed E-state index contributed by atoms with van der Waals surface area (Å²) >= 11 is 0. The van der Waals surface area contributed by atoms with E-state index in [9.17, 15) is 4.79 Å². The predicted molar refractivity (Wildman–Crippen MR) is 96.3 cm³/mol. The minimum Gasteiger partial charge on any atom is -0.332 e. The van der Waals surface area contributed by atoms with Crippen molar-refractivity contribution in [3.63, 3.8) is 0 Å². The van der Waals surface area contributed by atoms with Crippen LogP contribution in [0.15, 0.2) is 18.2 Å². The summed E-state index contributed by atoms with van der Waals surface area (Å²) < 4.78 is 0. The Labute approximate surface area is 148 Å². The summed E-state index contributed by atoms with van der Waals surface area (Å²) in [5.41, 5.74) is 2.88. The zero-order valence-electron chi connectivity index (χ0n) is 14.9. The first kappa shape index (κ1) is 16.1. The minimum absolute atomic E-state index is 0.233. The Morgan fingerprint density at radius 2 is 2.04 bits per heavy atom. The molecule has 2 N–H and O–H groups in total. The number of fused-ring (bicyclic) bond motifs is 3. The Morgan fingerprint density at radius 3 is 2.92 bits per heavy atom. The summed E-state index contributed by atoms with van der Waals surface area (Å²) in [6.45, 7) is 5.36. The molecule has 0 atom stereocenters. The van der Waals surface area contributed by atoms with Crippen LogP contribution in [-0.4, -0.2) is 26.0 Å². The van der Waals surface area contributed by atoms with Crippen LogP contribution in [0.25, 0.3) is 0 Å². The van der Waals surface area contributed by atoms with E-state index in [1.165, 1.54) is 0 Å². The molecule has 0 aliphatic carbocycles. The molecule has 132 valence electrons. The number of anilines is 2. The van der Waals surface area contributed by atoms with E-state index in [-0.39, 0.29) is 11.3 Å². The van der Waals surface area contributed by atoms with E-state index in [0.29, 0.717) is 13.1 Å². The Kier molecular flexibility index (Phi) is 3.98. The second-order valence-corrected chi connectivity index (χ2v) is 7.77. The van der Waals surface area contributed by atoms with Crippen LogP contribution >= 0.6 is 0 Å². The van der Waals surface area contributed by atoms with Crippen molar-refractivity contribution in [1.29, 1.82) is 0 Å². The van der Waals surface area contributed by atoms with Crippen molar-refractivity contribution in [1.82, 2.24) is 20.1 Å². The average Bonchev–Trinajstić information content (AvgIpc) is 3.15. The molecule has 4 heterocycles. The second kappa shape index (κ2) is 6.17. The molecule has 0 saturated heterocycles. The number of nitrogens with one attached hydrogen (secondary N) is 2. The fraction of sp³-hybridized carbons (Fsp3) is 0.526. The highest BCUT2D eigenvalue weighted by Gasteiger charge is 2.36. The Morgan fingerprint density at radius 1 is 1.16 bits per heavy atom. The third-order valence-electron chi connectivity index (χ3n) is 5.30. The molecular formula is C19H25N5O. The maximum Gasteiger partial charge on any atom is 0.228 e. The number of pyridine rings is 1. The van der Waals surface area contributed by atoms with Gasteiger partial charge >= 0.3 is 0 Å². The van der Waals surface area contributed by atoms with Gasteiger partial charge in [0.25, 0.3) is 0 Å². The van der Waals surface area contributed by atoms with Gasteiger partial charge in [0.1, 0.15) is 5.82 Å².